The van der Waals surface area contributed by atoms with Crippen LogP contribution in [0.3, 0.4) is 0 Å². The molecular formula is C13H20F3N5O2. The molecule has 2 heterocycles. The first kappa shape index (κ1) is 17.5. The fourth-order valence-corrected chi connectivity index (χ4v) is 2.93. The minimum atomic E-state index is -4.23. The van der Waals surface area contributed by atoms with Crippen LogP contribution in [0.5, 0.6) is 0 Å². The van der Waals surface area contributed by atoms with Gasteiger partial charge in [-0.1, -0.05) is 6.92 Å². The van der Waals surface area contributed by atoms with Gasteiger partial charge in [0.05, 0.1) is 11.5 Å². The van der Waals surface area contributed by atoms with Crippen LogP contribution in [0.15, 0.2) is 0 Å². The summed E-state index contributed by atoms with van der Waals surface area (Å²) in [6.45, 7) is 2.14. The lowest BCUT2D eigenvalue weighted by Crippen LogP contribution is -2.37. The topological polar surface area (TPSA) is 67.4 Å². The normalized spacial score (nSPS) is 17.3. The highest BCUT2D eigenvalue weighted by molar-refractivity contribution is 5.61. The second-order valence-electron chi connectivity index (χ2n) is 5.59. The van der Waals surface area contributed by atoms with Crippen molar-refractivity contribution in [2.24, 2.45) is 7.05 Å². The molecular weight excluding hydrogens is 315 g/mol. The monoisotopic (exact) mass is 335 g/mol. The van der Waals surface area contributed by atoms with Gasteiger partial charge in [-0.05, 0) is 12.8 Å². The average Bonchev–Trinajstić information content (AvgIpc) is 2.61. The molecule has 7 nitrogen and oxygen atoms in total. The highest BCUT2D eigenvalue weighted by Gasteiger charge is 2.34. The van der Waals surface area contributed by atoms with Gasteiger partial charge in [0.15, 0.2) is 0 Å². The van der Waals surface area contributed by atoms with Crippen molar-refractivity contribution >= 4 is 11.5 Å². The molecule has 0 amide bonds. The van der Waals surface area contributed by atoms with Crippen LogP contribution in [0.25, 0.3) is 0 Å². The second-order valence-corrected chi connectivity index (χ2v) is 5.59. The van der Waals surface area contributed by atoms with Crippen molar-refractivity contribution in [3.05, 3.63) is 15.8 Å². The van der Waals surface area contributed by atoms with Crippen LogP contribution < -0.4 is 4.90 Å². The molecule has 1 aromatic heterocycles. The third-order valence-corrected chi connectivity index (χ3v) is 3.87. The number of nitrogens with zero attached hydrogens (tertiary/aromatic N) is 5. The molecule has 0 aliphatic carbocycles. The number of aryl methyl sites for hydroxylation is 2. The first-order valence-corrected chi connectivity index (χ1v) is 7.47. The first-order valence-electron chi connectivity index (χ1n) is 7.47. The second kappa shape index (κ2) is 6.73. The summed E-state index contributed by atoms with van der Waals surface area (Å²) in [5, 5.41) is 15.5. The SMILES string of the molecule is CCc1nn(C)c(N2CCCN(CC(F)(F)F)CC2)c1[N+](=O)[O-]. The number of nitro groups is 1. The highest BCUT2D eigenvalue weighted by atomic mass is 19.4. The van der Waals surface area contributed by atoms with Gasteiger partial charge in [-0.3, -0.25) is 15.0 Å². The molecule has 10 heteroatoms. The molecule has 1 aliphatic heterocycles. The maximum absolute atomic E-state index is 12.5. The van der Waals surface area contributed by atoms with Crippen molar-refractivity contribution < 1.29 is 18.1 Å². The molecule has 0 bridgehead atoms. The molecule has 0 saturated carbocycles. The Morgan fingerprint density at radius 3 is 2.52 bits per heavy atom. The molecule has 2 rings (SSSR count). The number of alkyl halides is 3. The van der Waals surface area contributed by atoms with Crippen molar-refractivity contribution in [3.63, 3.8) is 0 Å². The van der Waals surface area contributed by atoms with E-state index in [0.717, 1.165) is 0 Å². The van der Waals surface area contributed by atoms with Gasteiger partial charge in [0.2, 0.25) is 5.82 Å². The molecule has 23 heavy (non-hydrogen) atoms. The lowest BCUT2D eigenvalue weighted by Gasteiger charge is -2.23. The third kappa shape index (κ3) is 4.12. The van der Waals surface area contributed by atoms with Gasteiger partial charge in [0.25, 0.3) is 0 Å². The van der Waals surface area contributed by atoms with E-state index in [2.05, 4.69) is 5.10 Å². The predicted octanol–water partition coefficient (Wildman–Crippen LogP) is 1.97. The molecule has 1 aromatic rings. The summed E-state index contributed by atoms with van der Waals surface area (Å²) in [5.74, 6) is 0.376. The Labute approximate surface area is 131 Å². The van der Waals surface area contributed by atoms with E-state index in [-0.39, 0.29) is 12.2 Å². The minimum absolute atomic E-state index is 0.0423. The highest BCUT2D eigenvalue weighted by Crippen LogP contribution is 2.32. The smallest absolute Gasteiger partial charge is 0.350 e. The van der Waals surface area contributed by atoms with Crippen LogP contribution in [0.2, 0.25) is 0 Å². The summed E-state index contributed by atoms with van der Waals surface area (Å²) in [4.78, 5) is 14.0. The summed E-state index contributed by atoms with van der Waals surface area (Å²) < 4.78 is 39.0. The lowest BCUT2D eigenvalue weighted by molar-refractivity contribution is -0.384. The van der Waals surface area contributed by atoms with Crippen LogP contribution in [0.1, 0.15) is 19.0 Å². The Kier molecular flexibility index (Phi) is 5.12. The van der Waals surface area contributed by atoms with E-state index in [4.69, 9.17) is 0 Å². The molecule has 1 fully saturated rings. The van der Waals surface area contributed by atoms with Gasteiger partial charge in [-0.25, -0.2) is 4.68 Å². The Morgan fingerprint density at radius 2 is 1.96 bits per heavy atom. The first-order chi connectivity index (χ1) is 10.7. The molecule has 0 radical (unpaired) electrons. The fourth-order valence-electron chi connectivity index (χ4n) is 2.93. The standard InChI is InChI=1S/C13H20F3N5O2/c1-3-10-11(21(22)23)12(18(2)17-10)20-6-4-5-19(7-8-20)9-13(14,15)16/h3-9H2,1-2H3. The average molecular weight is 335 g/mol. The number of hydrogen-bond donors (Lipinski definition) is 0. The van der Waals surface area contributed by atoms with Gasteiger partial charge in [0, 0.05) is 33.2 Å². The Bertz CT molecular complexity index is 573. The van der Waals surface area contributed by atoms with Gasteiger partial charge < -0.3 is 4.90 Å². The zero-order valence-electron chi connectivity index (χ0n) is 13.1. The van der Waals surface area contributed by atoms with E-state index < -0.39 is 17.6 Å². The summed E-state index contributed by atoms with van der Waals surface area (Å²) in [5.41, 5.74) is 0.350. The quantitative estimate of drug-likeness (QED) is 0.622. The molecule has 0 spiro atoms. The molecule has 0 unspecified atom stereocenters. The minimum Gasteiger partial charge on any atom is -0.350 e. The number of anilines is 1. The molecule has 0 aromatic carbocycles. The molecule has 1 saturated heterocycles. The van der Waals surface area contributed by atoms with E-state index in [1.165, 1.54) is 9.58 Å². The predicted molar refractivity (Wildman–Crippen MR) is 78.6 cm³/mol. The zero-order chi connectivity index (χ0) is 17.2. The third-order valence-electron chi connectivity index (χ3n) is 3.87. The Hall–Kier alpha value is -1.84. The van der Waals surface area contributed by atoms with E-state index in [9.17, 15) is 23.3 Å². The Balaban J connectivity index is 2.20. The summed E-state index contributed by atoms with van der Waals surface area (Å²) >= 11 is 0. The molecule has 130 valence electrons. The number of aromatic nitrogens is 2. The lowest BCUT2D eigenvalue weighted by atomic mass is 10.2. The van der Waals surface area contributed by atoms with Crippen molar-refractivity contribution in [1.29, 1.82) is 0 Å². The molecule has 1 aliphatic rings. The van der Waals surface area contributed by atoms with Gasteiger partial charge in [-0.2, -0.15) is 18.3 Å². The summed E-state index contributed by atoms with van der Waals surface area (Å²) in [6, 6.07) is 0. The van der Waals surface area contributed by atoms with E-state index in [0.29, 0.717) is 44.0 Å². The fraction of sp³-hybridized carbons (Fsp3) is 0.769. The largest absolute Gasteiger partial charge is 0.401 e. The van der Waals surface area contributed by atoms with Crippen LogP contribution in [-0.4, -0.2) is 58.5 Å². The van der Waals surface area contributed by atoms with E-state index >= 15 is 0 Å². The van der Waals surface area contributed by atoms with Crippen LogP contribution in [0.4, 0.5) is 24.7 Å². The van der Waals surface area contributed by atoms with Crippen molar-refractivity contribution in [2.75, 3.05) is 37.6 Å². The van der Waals surface area contributed by atoms with Gasteiger partial charge in [0.1, 0.15) is 5.69 Å². The van der Waals surface area contributed by atoms with E-state index in [1.807, 2.05) is 0 Å². The number of hydrogen-bond acceptors (Lipinski definition) is 5. The summed E-state index contributed by atoms with van der Waals surface area (Å²) in [7, 11) is 1.62. The number of halogens is 3. The summed E-state index contributed by atoms with van der Waals surface area (Å²) in [6.07, 6.45) is -3.29. The van der Waals surface area contributed by atoms with E-state index in [1.54, 1.807) is 18.9 Å². The Morgan fingerprint density at radius 1 is 1.26 bits per heavy atom. The maximum atomic E-state index is 12.5. The van der Waals surface area contributed by atoms with Crippen molar-refractivity contribution in [2.45, 2.75) is 25.9 Å². The zero-order valence-corrected chi connectivity index (χ0v) is 13.1. The van der Waals surface area contributed by atoms with Crippen molar-refractivity contribution in [1.82, 2.24) is 14.7 Å². The van der Waals surface area contributed by atoms with Crippen LogP contribution >= 0.6 is 0 Å². The van der Waals surface area contributed by atoms with Gasteiger partial charge in [-0.15, -0.1) is 0 Å². The molecule has 0 N–H and O–H groups in total. The van der Waals surface area contributed by atoms with Crippen molar-refractivity contribution in [3.8, 4) is 0 Å². The number of rotatable bonds is 4. The van der Waals surface area contributed by atoms with Gasteiger partial charge >= 0.3 is 11.9 Å². The molecule has 0 atom stereocenters. The van der Waals surface area contributed by atoms with Crippen LogP contribution in [-0.2, 0) is 13.5 Å². The maximum Gasteiger partial charge on any atom is 0.401 e. The van der Waals surface area contributed by atoms with Crippen LogP contribution in [0, 0.1) is 10.1 Å².